The number of carbonyl (C=O) groups excluding carboxylic acids is 1. The maximum Gasteiger partial charge on any atom is 0.235 e. The monoisotopic (exact) mass is 298 g/mol. The van der Waals surface area contributed by atoms with Crippen molar-refractivity contribution in [2.75, 3.05) is 31.8 Å². The summed E-state index contributed by atoms with van der Waals surface area (Å²) in [5.74, 6) is -0.907. The third-order valence-electron chi connectivity index (χ3n) is 1.98. The summed E-state index contributed by atoms with van der Waals surface area (Å²) >= 11 is 1.51. The molecule has 0 aromatic rings. The molecule has 0 spiro atoms. The van der Waals surface area contributed by atoms with Crippen LogP contribution in [0.3, 0.4) is 0 Å². The molecule has 0 aliphatic heterocycles. The number of amides is 1. The third kappa shape index (κ3) is 9.69. The van der Waals surface area contributed by atoms with Crippen LogP contribution in [0.4, 0.5) is 0 Å². The van der Waals surface area contributed by atoms with Crippen LogP contribution in [0.25, 0.3) is 0 Å². The van der Waals surface area contributed by atoms with Gasteiger partial charge in [0.05, 0.1) is 12.4 Å². The highest BCUT2D eigenvalue weighted by Crippen LogP contribution is 1.96. The van der Waals surface area contributed by atoms with Gasteiger partial charge in [-0.3, -0.25) is 14.2 Å². The van der Waals surface area contributed by atoms with Gasteiger partial charge in [0.1, 0.15) is 0 Å². The van der Waals surface area contributed by atoms with Crippen molar-refractivity contribution < 1.29 is 17.9 Å². The summed E-state index contributed by atoms with van der Waals surface area (Å²) in [6, 6.07) is 0. The lowest BCUT2D eigenvalue weighted by atomic mass is 10.2. The summed E-state index contributed by atoms with van der Waals surface area (Å²) in [6.07, 6.45) is 2.30. The van der Waals surface area contributed by atoms with E-state index < -0.39 is 15.9 Å². The number of carbonyl (C=O) groups is 1. The molecule has 8 heteroatoms. The van der Waals surface area contributed by atoms with Crippen molar-refractivity contribution in [1.82, 2.24) is 9.44 Å². The van der Waals surface area contributed by atoms with Crippen LogP contribution in [0.1, 0.15) is 20.3 Å². The quantitative estimate of drug-likeness (QED) is 0.447. The average molecular weight is 298 g/mol. The fourth-order valence-electron chi connectivity index (χ4n) is 0.991. The maximum atomic E-state index is 11.5. The van der Waals surface area contributed by atoms with E-state index in [0.717, 1.165) is 6.54 Å². The number of nitrogens with one attached hydrogen (secondary N) is 2. The average Bonchev–Trinajstić information content (AvgIpc) is 2.27. The topological polar surface area (TPSA) is 84.5 Å². The summed E-state index contributed by atoms with van der Waals surface area (Å²) in [5, 5.41) is 0. The van der Waals surface area contributed by atoms with Crippen LogP contribution < -0.4 is 9.44 Å². The lowest BCUT2D eigenvalue weighted by Gasteiger charge is -2.09. The van der Waals surface area contributed by atoms with E-state index in [-0.39, 0.29) is 11.7 Å². The van der Waals surface area contributed by atoms with Crippen LogP contribution in [0, 0.1) is 5.92 Å². The molecule has 0 aliphatic rings. The van der Waals surface area contributed by atoms with Gasteiger partial charge in [-0.05, 0) is 12.7 Å². The SMILES string of the molecule is CSNCCOCCCS(=O)(=O)NC(=O)C(C)C. The van der Waals surface area contributed by atoms with E-state index in [1.807, 2.05) is 11.0 Å². The Morgan fingerprint density at radius 2 is 2.00 bits per heavy atom. The zero-order valence-corrected chi connectivity index (χ0v) is 12.7. The van der Waals surface area contributed by atoms with Gasteiger partial charge in [0.25, 0.3) is 0 Å². The molecule has 0 fully saturated rings. The Balaban J connectivity index is 3.68. The molecule has 0 atom stereocenters. The Morgan fingerprint density at radius 3 is 2.56 bits per heavy atom. The minimum absolute atomic E-state index is 0.0958. The summed E-state index contributed by atoms with van der Waals surface area (Å²) in [5.41, 5.74) is 0. The highest BCUT2D eigenvalue weighted by molar-refractivity contribution is 7.96. The molecule has 0 bridgehead atoms. The second-order valence-electron chi connectivity index (χ2n) is 4.00. The van der Waals surface area contributed by atoms with Crippen molar-refractivity contribution in [1.29, 1.82) is 0 Å². The number of hydrogen-bond acceptors (Lipinski definition) is 6. The van der Waals surface area contributed by atoms with Crippen LogP contribution in [0.2, 0.25) is 0 Å². The fourth-order valence-corrected chi connectivity index (χ4v) is 2.42. The van der Waals surface area contributed by atoms with Gasteiger partial charge in [0, 0.05) is 19.1 Å². The van der Waals surface area contributed by atoms with E-state index in [0.29, 0.717) is 19.6 Å². The predicted octanol–water partition coefficient (Wildman–Crippen LogP) is 0.363. The minimum atomic E-state index is -3.52. The second-order valence-corrected chi connectivity index (χ2v) is 6.54. The molecule has 0 unspecified atom stereocenters. The summed E-state index contributed by atoms with van der Waals surface area (Å²) in [4.78, 5) is 11.2. The van der Waals surface area contributed by atoms with Gasteiger partial charge in [0.15, 0.2) is 0 Å². The summed E-state index contributed by atoms with van der Waals surface area (Å²) in [6.45, 7) is 4.92. The number of ether oxygens (including phenoxy) is 1. The van der Waals surface area contributed by atoms with Crippen LogP contribution in [-0.2, 0) is 19.6 Å². The van der Waals surface area contributed by atoms with Crippen molar-refractivity contribution in [3.05, 3.63) is 0 Å². The molecule has 18 heavy (non-hydrogen) atoms. The van der Waals surface area contributed by atoms with Gasteiger partial charge in [-0.15, -0.1) is 0 Å². The summed E-state index contributed by atoms with van der Waals surface area (Å²) in [7, 11) is -3.52. The Labute approximate surface area is 113 Å². The molecule has 0 saturated carbocycles. The first-order chi connectivity index (χ1) is 8.39. The van der Waals surface area contributed by atoms with Gasteiger partial charge in [0.2, 0.25) is 15.9 Å². The smallest absolute Gasteiger partial charge is 0.235 e. The van der Waals surface area contributed by atoms with Crippen molar-refractivity contribution in [3.63, 3.8) is 0 Å². The molecule has 108 valence electrons. The zero-order valence-electron chi connectivity index (χ0n) is 11.1. The van der Waals surface area contributed by atoms with Crippen molar-refractivity contribution in [2.24, 2.45) is 5.92 Å². The molecule has 0 rings (SSSR count). The highest BCUT2D eigenvalue weighted by Gasteiger charge is 2.16. The number of sulfonamides is 1. The Morgan fingerprint density at radius 1 is 1.33 bits per heavy atom. The van der Waals surface area contributed by atoms with Crippen LogP contribution in [-0.4, -0.2) is 46.1 Å². The molecule has 2 N–H and O–H groups in total. The lowest BCUT2D eigenvalue weighted by Crippen LogP contribution is -2.35. The van der Waals surface area contributed by atoms with E-state index >= 15 is 0 Å². The third-order valence-corrected chi connectivity index (χ3v) is 3.81. The van der Waals surface area contributed by atoms with E-state index in [1.54, 1.807) is 13.8 Å². The van der Waals surface area contributed by atoms with Crippen molar-refractivity contribution in [2.45, 2.75) is 20.3 Å². The number of hydrogen-bond donors (Lipinski definition) is 2. The van der Waals surface area contributed by atoms with Gasteiger partial charge >= 0.3 is 0 Å². The molecular weight excluding hydrogens is 276 g/mol. The van der Waals surface area contributed by atoms with Gasteiger partial charge in [-0.2, -0.15) is 0 Å². The Hall–Kier alpha value is -0.310. The standard InChI is InChI=1S/C10H22N2O4S2/c1-9(2)10(13)12-18(14,15)8-4-6-16-7-5-11-17-3/h9,11H,4-8H2,1-3H3,(H,12,13). The first kappa shape index (κ1) is 17.7. The molecule has 0 aromatic carbocycles. The van der Waals surface area contributed by atoms with E-state index in [4.69, 9.17) is 4.74 Å². The molecule has 0 aliphatic carbocycles. The molecule has 6 nitrogen and oxygen atoms in total. The van der Waals surface area contributed by atoms with Crippen molar-refractivity contribution >= 4 is 27.9 Å². The van der Waals surface area contributed by atoms with E-state index in [9.17, 15) is 13.2 Å². The summed E-state index contributed by atoms with van der Waals surface area (Å²) < 4.78 is 33.2. The maximum absolute atomic E-state index is 11.5. The molecule has 1 amide bonds. The van der Waals surface area contributed by atoms with Gasteiger partial charge < -0.3 is 4.74 Å². The Bertz CT molecular complexity index is 331. The van der Waals surface area contributed by atoms with Crippen molar-refractivity contribution in [3.8, 4) is 0 Å². The van der Waals surface area contributed by atoms with E-state index in [1.165, 1.54) is 11.9 Å². The van der Waals surface area contributed by atoms with Crippen LogP contribution >= 0.6 is 11.9 Å². The second kappa shape index (κ2) is 9.60. The highest BCUT2D eigenvalue weighted by atomic mass is 32.2. The molecule has 0 aromatic heterocycles. The molecule has 0 radical (unpaired) electrons. The molecule has 0 heterocycles. The van der Waals surface area contributed by atoms with Gasteiger partial charge in [-0.1, -0.05) is 25.8 Å². The zero-order chi connectivity index (χ0) is 14.0. The first-order valence-corrected chi connectivity index (χ1v) is 8.64. The van der Waals surface area contributed by atoms with Crippen LogP contribution in [0.5, 0.6) is 0 Å². The minimum Gasteiger partial charge on any atom is -0.380 e. The van der Waals surface area contributed by atoms with Gasteiger partial charge in [-0.25, -0.2) is 8.42 Å². The fraction of sp³-hybridized carbons (Fsp3) is 0.900. The largest absolute Gasteiger partial charge is 0.380 e. The predicted molar refractivity (Wildman–Crippen MR) is 73.7 cm³/mol. The lowest BCUT2D eigenvalue weighted by molar-refractivity contribution is -0.122. The molecular formula is C10H22N2O4S2. The number of rotatable bonds is 10. The van der Waals surface area contributed by atoms with E-state index in [2.05, 4.69) is 4.72 Å². The normalized spacial score (nSPS) is 11.8. The molecule has 0 saturated heterocycles. The Kier molecular flexibility index (Phi) is 9.43. The first-order valence-electron chi connectivity index (χ1n) is 5.77. The van der Waals surface area contributed by atoms with Crippen LogP contribution in [0.15, 0.2) is 0 Å².